The average Bonchev–Trinajstić information content (AvgIpc) is 2.40. The van der Waals surface area contributed by atoms with Crippen molar-refractivity contribution in [2.24, 2.45) is 0 Å². The summed E-state index contributed by atoms with van der Waals surface area (Å²) < 4.78 is 13.8. The molecule has 0 fully saturated rings. The summed E-state index contributed by atoms with van der Waals surface area (Å²) in [6.45, 7) is 8.27. The maximum Gasteiger partial charge on any atom is 0.126 e. The molecule has 0 radical (unpaired) electrons. The van der Waals surface area contributed by atoms with Crippen molar-refractivity contribution >= 4 is 11.3 Å². The molecule has 0 saturated carbocycles. The van der Waals surface area contributed by atoms with Gasteiger partial charge in [-0.25, -0.2) is 4.39 Å². The van der Waals surface area contributed by atoms with Crippen LogP contribution in [0.1, 0.15) is 31.9 Å². The third-order valence-electron chi connectivity index (χ3n) is 4.06. The first-order valence-electron chi connectivity index (χ1n) is 7.25. The third-order valence-corrected chi connectivity index (χ3v) is 4.06. The van der Waals surface area contributed by atoms with E-state index in [9.17, 15) is 4.39 Å². The molecule has 0 saturated heterocycles. The minimum atomic E-state index is -0.156. The third kappa shape index (κ3) is 2.46. The number of halogens is 1. The molecule has 0 aromatic heterocycles. The summed E-state index contributed by atoms with van der Waals surface area (Å²) >= 11 is 0. The molecule has 2 aromatic carbocycles. The van der Waals surface area contributed by atoms with Crippen LogP contribution in [0.2, 0.25) is 0 Å². The van der Waals surface area contributed by atoms with Crippen molar-refractivity contribution in [3.8, 4) is 11.1 Å². The van der Waals surface area contributed by atoms with Gasteiger partial charge in [-0.1, -0.05) is 24.3 Å². The second-order valence-electron chi connectivity index (χ2n) is 6.35. The van der Waals surface area contributed by atoms with Crippen molar-refractivity contribution in [2.45, 2.75) is 33.2 Å². The lowest BCUT2D eigenvalue weighted by Crippen LogP contribution is -2.31. The first-order valence-corrected chi connectivity index (χ1v) is 7.25. The Balaban J connectivity index is 2.13. The van der Waals surface area contributed by atoms with E-state index in [1.165, 1.54) is 17.2 Å². The fourth-order valence-corrected chi connectivity index (χ4v) is 3.07. The van der Waals surface area contributed by atoms with Crippen molar-refractivity contribution < 1.29 is 4.39 Å². The maximum atomic E-state index is 13.8. The van der Waals surface area contributed by atoms with Gasteiger partial charge in [0.25, 0.3) is 0 Å². The quantitative estimate of drug-likeness (QED) is 0.737. The van der Waals surface area contributed by atoms with Crippen LogP contribution in [0.4, 0.5) is 10.1 Å². The van der Waals surface area contributed by atoms with Crippen LogP contribution in [0.25, 0.3) is 16.7 Å². The number of nitrogens with one attached hydrogen (secondary N) is 1. The summed E-state index contributed by atoms with van der Waals surface area (Å²) in [6.07, 6.45) is 2.23. The molecule has 3 rings (SSSR count). The van der Waals surface area contributed by atoms with E-state index < -0.39 is 0 Å². The predicted octanol–water partition coefficient (Wildman–Crippen LogP) is 5.41. The Labute approximate surface area is 125 Å². The van der Waals surface area contributed by atoms with Gasteiger partial charge in [-0.2, -0.15) is 0 Å². The van der Waals surface area contributed by atoms with Crippen LogP contribution < -0.4 is 5.32 Å². The summed E-state index contributed by atoms with van der Waals surface area (Å²) in [5.74, 6) is -0.156. The van der Waals surface area contributed by atoms with Gasteiger partial charge in [0.1, 0.15) is 5.82 Å². The van der Waals surface area contributed by atoms with Crippen LogP contribution in [-0.4, -0.2) is 5.54 Å². The van der Waals surface area contributed by atoms with Gasteiger partial charge in [-0.05, 0) is 68.2 Å². The molecule has 2 aromatic rings. The monoisotopic (exact) mass is 281 g/mol. The van der Waals surface area contributed by atoms with E-state index in [4.69, 9.17) is 0 Å². The number of hydrogen-bond donors (Lipinski definition) is 1. The van der Waals surface area contributed by atoms with E-state index in [2.05, 4.69) is 50.4 Å². The molecule has 1 nitrogen and oxygen atoms in total. The molecule has 2 heteroatoms. The lowest BCUT2D eigenvalue weighted by atomic mass is 9.89. The lowest BCUT2D eigenvalue weighted by molar-refractivity contribution is 0.619. The second-order valence-corrected chi connectivity index (χ2v) is 6.35. The van der Waals surface area contributed by atoms with Crippen LogP contribution in [0.5, 0.6) is 0 Å². The molecule has 108 valence electrons. The van der Waals surface area contributed by atoms with Crippen molar-refractivity contribution in [3.63, 3.8) is 0 Å². The lowest BCUT2D eigenvalue weighted by Gasteiger charge is -2.31. The first kappa shape index (κ1) is 13.9. The molecule has 1 N–H and O–H groups in total. The highest BCUT2D eigenvalue weighted by Gasteiger charge is 2.22. The zero-order valence-corrected chi connectivity index (χ0v) is 12.9. The Morgan fingerprint density at radius 2 is 1.76 bits per heavy atom. The van der Waals surface area contributed by atoms with Gasteiger partial charge in [0.15, 0.2) is 0 Å². The van der Waals surface area contributed by atoms with Crippen LogP contribution in [0, 0.1) is 12.7 Å². The average molecular weight is 281 g/mol. The van der Waals surface area contributed by atoms with Gasteiger partial charge >= 0.3 is 0 Å². The van der Waals surface area contributed by atoms with Gasteiger partial charge in [0, 0.05) is 11.3 Å². The summed E-state index contributed by atoms with van der Waals surface area (Å²) in [5.41, 5.74) is 6.25. The molecule has 0 spiro atoms. The predicted molar refractivity (Wildman–Crippen MR) is 87.9 cm³/mol. The van der Waals surface area contributed by atoms with E-state index in [0.717, 1.165) is 16.8 Å². The number of rotatable bonds is 1. The normalized spacial score (nSPS) is 16.0. The summed E-state index contributed by atoms with van der Waals surface area (Å²) in [7, 11) is 0. The number of fused-ring (bicyclic) bond motifs is 1. The minimum Gasteiger partial charge on any atom is -0.376 e. The molecule has 0 atom stereocenters. The first-order chi connectivity index (χ1) is 9.87. The van der Waals surface area contributed by atoms with Gasteiger partial charge in [-0.15, -0.1) is 0 Å². The minimum absolute atomic E-state index is 0.0344. The number of benzene rings is 2. The largest absolute Gasteiger partial charge is 0.376 e. The molecular weight excluding hydrogens is 261 g/mol. The summed E-state index contributed by atoms with van der Waals surface area (Å²) in [4.78, 5) is 0. The van der Waals surface area contributed by atoms with Crippen molar-refractivity contribution in [2.75, 3.05) is 5.32 Å². The molecular formula is C19H20FN. The van der Waals surface area contributed by atoms with Gasteiger partial charge in [-0.3, -0.25) is 0 Å². The number of anilines is 1. The molecule has 1 heterocycles. The topological polar surface area (TPSA) is 12.0 Å². The smallest absolute Gasteiger partial charge is 0.126 e. The Hall–Kier alpha value is -2.09. The number of allylic oxidation sites excluding steroid dienone is 1. The van der Waals surface area contributed by atoms with Crippen LogP contribution in [0.3, 0.4) is 0 Å². The molecule has 0 bridgehead atoms. The highest BCUT2D eigenvalue weighted by Crippen LogP contribution is 2.37. The highest BCUT2D eigenvalue weighted by atomic mass is 19.1. The highest BCUT2D eigenvalue weighted by molar-refractivity contribution is 5.84. The standard InChI is InChI=1S/C19H20FN/c1-12-11-19(3,4)21-18-9-8-14(10-16(12)18)15-6-5-7-17(20)13(15)2/h5-11,21H,1-4H3. The fraction of sp³-hybridized carbons (Fsp3) is 0.263. The van der Waals surface area contributed by atoms with E-state index in [0.29, 0.717) is 5.56 Å². The van der Waals surface area contributed by atoms with E-state index in [1.807, 2.05) is 13.0 Å². The van der Waals surface area contributed by atoms with Gasteiger partial charge < -0.3 is 5.32 Å². The molecule has 1 aliphatic rings. The van der Waals surface area contributed by atoms with Crippen molar-refractivity contribution in [1.29, 1.82) is 0 Å². The zero-order chi connectivity index (χ0) is 15.2. The number of hydrogen-bond acceptors (Lipinski definition) is 1. The molecule has 0 amide bonds. The van der Waals surface area contributed by atoms with E-state index in [1.54, 1.807) is 6.07 Å². The summed E-state index contributed by atoms with van der Waals surface area (Å²) in [5, 5.41) is 3.52. The molecule has 0 aliphatic carbocycles. The van der Waals surface area contributed by atoms with Crippen molar-refractivity contribution in [3.05, 3.63) is 59.4 Å². The van der Waals surface area contributed by atoms with Crippen LogP contribution in [-0.2, 0) is 0 Å². The van der Waals surface area contributed by atoms with Crippen LogP contribution in [0.15, 0.2) is 42.5 Å². The Morgan fingerprint density at radius 1 is 1.00 bits per heavy atom. The van der Waals surface area contributed by atoms with Crippen LogP contribution >= 0.6 is 0 Å². The molecule has 21 heavy (non-hydrogen) atoms. The van der Waals surface area contributed by atoms with E-state index in [-0.39, 0.29) is 11.4 Å². The molecule has 1 aliphatic heterocycles. The summed E-state index contributed by atoms with van der Waals surface area (Å²) in [6, 6.07) is 11.5. The van der Waals surface area contributed by atoms with Gasteiger partial charge in [0.2, 0.25) is 0 Å². The zero-order valence-electron chi connectivity index (χ0n) is 12.9. The SMILES string of the molecule is CC1=CC(C)(C)Nc2ccc(-c3cccc(F)c3C)cc21. The Bertz CT molecular complexity index is 741. The Kier molecular flexibility index (Phi) is 3.12. The van der Waals surface area contributed by atoms with Gasteiger partial charge in [0.05, 0.1) is 5.54 Å². The fourth-order valence-electron chi connectivity index (χ4n) is 3.07. The Morgan fingerprint density at radius 3 is 2.52 bits per heavy atom. The van der Waals surface area contributed by atoms with Crippen molar-refractivity contribution in [1.82, 2.24) is 0 Å². The maximum absolute atomic E-state index is 13.8. The second kappa shape index (κ2) is 4.73. The molecule has 0 unspecified atom stereocenters. The van der Waals surface area contributed by atoms with E-state index >= 15 is 0 Å².